The molecule has 1 aromatic rings. The van der Waals surface area contributed by atoms with E-state index in [0.29, 0.717) is 0 Å². The average Bonchev–Trinajstić information content (AvgIpc) is 2.03. The van der Waals surface area contributed by atoms with E-state index in [1.165, 1.54) is 5.56 Å². The van der Waals surface area contributed by atoms with E-state index < -0.39 is 0 Å². The van der Waals surface area contributed by atoms with E-state index in [-0.39, 0.29) is 0 Å². The molecular formula is C8H10NS. The smallest absolute Gasteiger partial charge is 0.0270 e. The Hall–Kier alpha value is -0.500. The second kappa shape index (κ2) is 4.34. The third kappa shape index (κ3) is 2.40. The second-order valence-corrected chi connectivity index (χ2v) is 2.85. The molecular weight excluding hydrogens is 142 g/mol. The minimum absolute atomic E-state index is 1.07. The van der Waals surface area contributed by atoms with Crippen molar-refractivity contribution in [2.45, 2.75) is 0 Å². The van der Waals surface area contributed by atoms with Crippen LogP contribution in [-0.2, 0) is 0 Å². The van der Waals surface area contributed by atoms with Crippen LogP contribution >= 0.6 is 11.8 Å². The molecule has 53 valence electrons. The summed E-state index contributed by atoms with van der Waals surface area (Å²) < 4.78 is 0. The zero-order chi connectivity index (χ0) is 7.23. The van der Waals surface area contributed by atoms with Crippen molar-refractivity contribution in [1.29, 1.82) is 0 Å². The van der Waals surface area contributed by atoms with Gasteiger partial charge < -0.3 is 0 Å². The lowest BCUT2D eigenvalue weighted by Gasteiger charge is -1.95. The molecule has 0 N–H and O–H groups in total. The van der Waals surface area contributed by atoms with Crippen molar-refractivity contribution >= 4 is 11.8 Å². The van der Waals surface area contributed by atoms with E-state index in [1.807, 2.05) is 36.3 Å². The lowest BCUT2D eigenvalue weighted by Crippen LogP contribution is -1.83. The summed E-state index contributed by atoms with van der Waals surface area (Å²) in [6, 6.07) is 4.02. The molecule has 0 aliphatic carbocycles. The van der Waals surface area contributed by atoms with Crippen LogP contribution in [0, 0.1) is 6.42 Å². The fraction of sp³-hybridized carbons (Fsp3) is 0.250. The van der Waals surface area contributed by atoms with Crippen LogP contribution in [0.25, 0.3) is 0 Å². The standard InChI is InChI=1S/C8H10NS/c1-10-7-4-8-2-5-9-6-3-8/h2-6H,7H2,1H3. The van der Waals surface area contributed by atoms with Gasteiger partial charge in [0.15, 0.2) is 0 Å². The Labute approximate surface area is 65.9 Å². The molecule has 0 atom stereocenters. The van der Waals surface area contributed by atoms with E-state index in [0.717, 1.165) is 5.75 Å². The summed E-state index contributed by atoms with van der Waals surface area (Å²) >= 11 is 1.82. The van der Waals surface area contributed by atoms with Gasteiger partial charge in [-0.25, -0.2) is 0 Å². The van der Waals surface area contributed by atoms with E-state index in [9.17, 15) is 0 Å². The molecule has 0 spiro atoms. The van der Waals surface area contributed by atoms with Crippen LogP contribution in [0.3, 0.4) is 0 Å². The van der Waals surface area contributed by atoms with Crippen LogP contribution < -0.4 is 0 Å². The first-order chi connectivity index (χ1) is 4.93. The third-order valence-electron chi connectivity index (χ3n) is 1.19. The molecule has 0 aliphatic rings. The fourth-order valence-corrected chi connectivity index (χ4v) is 1.04. The maximum atomic E-state index is 3.93. The van der Waals surface area contributed by atoms with Crippen molar-refractivity contribution in [1.82, 2.24) is 4.98 Å². The van der Waals surface area contributed by atoms with Gasteiger partial charge in [-0.05, 0) is 24.0 Å². The molecule has 0 amide bonds. The lowest BCUT2D eigenvalue weighted by molar-refractivity contribution is 1.29. The summed E-state index contributed by atoms with van der Waals surface area (Å²) in [4.78, 5) is 3.93. The van der Waals surface area contributed by atoms with Crippen molar-refractivity contribution in [3.63, 3.8) is 0 Å². The number of aromatic nitrogens is 1. The Morgan fingerprint density at radius 3 is 2.80 bits per heavy atom. The monoisotopic (exact) mass is 152 g/mol. The predicted molar refractivity (Wildman–Crippen MR) is 46.0 cm³/mol. The van der Waals surface area contributed by atoms with Gasteiger partial charge in [-0.15, -0.1) is 0 Å². The molecule has 1 radical (unpaired) electrons. The maximum absolute atomic E-state index is 3.93. The van der Waals surface area contributed by atoms with Crippen molar-refractivity contribution in [2.75, 3.05) is 12.0 Å². The highest BCUT2D eigenvalue weighted by Gasteiger charge is 1.88. The van der Waals surface area contributed by atoms with Gasteiger partial charge in [0.25, 0.3) is 0 Å². The summed E-state index contributed by atoms with van der Waals surface area (Å²) in [6.45, 7) is 0. The molecule has 0 saturated carbocycles. The number of pyridine rings is 1. The average molecular weight is 152 g/mol. The predicted octanol–water partition coefficient (Wildman–Crippen LogP) is 2.00. The normalized spacial score (nSPS) is 9.70. The molecule has 0 aromatic carbocycles. The highest BCUT2D eigenvalue weighted by Crippen LogP contribution is 2.04. The summed E-state index contributed by atoms with van der Waals surface area (Å²) in [5.41, 5.74) is 1.25. The SMILES string of the molecule is CSC[CH]c1ccncc1. The molecule has 1 aromatic heterocycles. The minimum Gasteiger partial charge on any atom is -0.265 e. The Bertz CT molecular complexity index is 174. The van der Waals surface area contributed by atoms with Gasteiger partial charge in [-0.1, -0.05) is 0 Å². The number of thioether (sulfide) groups is 1. The van der Waals surface area contributed by atoms with Gasteiger partial charge in [-0.2, -0.15) is 11.8 Å². The first-order valence-electron chi connectivity index (χ1n) is 3.15. The summed E-state index contributed by atoms with van der Waals surface area (Å²) in [7, 11) is 0. The first kappa shape index (κ1) is 7.61. The van der Waals surface area contributed by atoms with E-state index in [2.05, 4.69) is 17.7 Å². The largest absolute Gasteiger partial charge is 0.265 e. The van der Waals surface area contributed by atoms with Crippen molar-refractivity contribution in [2.24, 2.45) is 0 Å². The van der Waals surface area contributed by atoms with Crippen LogP contribution in [0.4, 0.5) is 0 Å². The third-order valence-corrected chi connectivity index (χ3v) is 1.69. The molecule has 0 fully saturated rings. The highest BCUT2D eigenvalue weighted by molar-refractivity contribution is 7.98. The van der Waals surface area contributed by atoms with E-state index in [1.54, 1.807) is 0 Å². The van der Waals surface area contributed by atoms with Crippen LogP contribution in [-0.4, -0.2) is 17.0 Å². The first-order valence-corrected chi connectivity index (χ1v) is 4.55. The molecule has 0 unspecified atom stereocenters. The van der Waals surface area contributed by atoms with Crippen molar-refractivity contribution < 1.29 is 0 Å². The van der Waals surface area contributed by atoms with Gasteiger partial charge >= 0.3 is 0 Å². The quantitative estimate of drug-likeness (QED) is 0.657. The molecule has 2 heteroatoms. The molecule has 0 saturated heterocycles. The van der Waals surface area contributed by atoms with Crippen LogP contribution in [0.15, 0.2) is 24.5 Å². The number of hydrogen-bond donors (Lipinski definition) is 0. The van der Waals surface area contributed by atoms with E-state index in [4.69, 9.17) is 0 Å². The Kier molecular flexibility index (Phi) is 3.30. The van der Waals surface area contributed by atoms with Crippen molar-refractivity contribution in [3.05, 3.63) is 36.5 Å². The Morgan fingerprint density at radius 2 is 2.20 bits per heavy atom. The molecule has 1 heterocycles. The van der Waals surface area contributed by atoms with Gasteiger partial charge in [-0.3, -0.25) is 4.98 Å². The zero-order valence-electron chi connectivity index (χ0n) is 5.95. The van der Waals surface area contributed by atoms with Crippen LogP contribution in [0.1, 0.15) is 5.56 Å². The molecule has 1 rings (SSSR count). The number of rotatable bonds is 3. The maximum Gasteiger partial charge on any atom is 0.0270 e. The summed E-state index contributed by atoms with van der Waals surface area (Å²) in [6.07, 6.45) is 7.91. The van der Waals surface area contributed by atoms with Crippen molar-refractivity contribution in [3.8, 4) is 0 Å². The molecule has 0 aliphatic heterocycles. The highest BCUT2D eigenvalue weighted by atomic mass is 32.2. The van der Waals surface area contributed by atoms with Crippen LogP contribution in [0.5, 0.6) is 0 Å². The molecule has 10 heavy (non-hydrogen) atoms. The van der Waals surface area contributed by atoms with Gasteiger partial charge in [0, 0.05) is 24.6 Å². The lowest BCUT2D eigenvalue weighted by atomic mass is 10.2. The number of hydrogen-bond acceptors (Lipinski definition) is 2. The Morgan fingerprint density at radius 1 is 1.50 bits per heavy atom. The summed E-state index contributed by atoms with van der Waals surface area (Å²) in [5.74, 6) is 1.07. The molecule has 1 nitrogen and oxygen atoms in total. The molecule has 0 bridgehead atoms. The summed E-state index contributed by atoms with van der Waals surface area (Å²) in [5, 5.41) is 0. The van der Waals surface area contributed by atoms with Crippen LogP contribution in [0.2, 0.25) is 0 Å². The van der Waals surface area contributed by atoms with Gasteiger partial charge in [0.1, 0.15) is 0 Å². The van der Waals surface area contributed by atoms with Gasteiger partial charge in [0.05, 0.1) is 0 Å². The minimum atomic E-state index is 1.07. The topological polar surface area (TPSA) is 12.9 Å². The fourth-order valence-electron chi connectivity index (χ4n) is 0.679. The second-order valence-electron chi connectivity index (χ2n) is 1.94. The zero-order valence-corrected chi connectivity index (χ0v) is 6.77. The number of nitrogens with zero attached hydrogens (tertiary/aromatic N) is 1. The Balaban J connectivity index is 2.43. The van der Waals surface area contributed by atoms with E-state index >= 15 is 0 Å². The van der Waals surface area contributed by atoms with Gasteiger partial charge in [0.2, 0.25) is 0 Å².